The van der Waals surface area contributed by atoms with E-state index < -0.39 is 5.91 Å². The predicted octanol–water partition coefficient (Wildman–Crippen LogP) is 0.634. The van der Waals surface area contributed by atoms with Crippen molar-refractivity contribution in [2.24, 2.45) is 0 Å². The van der Waals surface area contributed by atoms with E-state index >= 15 is 0 Å². The average Bonchev–Trinajstić information content (AvgIpc) is 3.33. The van der Waals surface area contributed by atoms with Gasteiger partial charge in [0.25, 0.3) is 5.91 Å². The first-order chi connectivity index (χ1) is 15.2. The van der Waals surface area contributed by atoms with Gasteiger partial charge in [0, 0.05) is 11.8 Å². The van der Waals surface area contributed by atoms with E-state index in [-0.39, 0.29) is 11.5 Å². The van der Waals surface area contributed by atoms with Crippen LogP contribution in [-0.4, -0.2) is 50.1 Å². The lowest BCUT2D eigenvalue weighted by Crippen LogP contribution is -2.18. The number of pyridine rings is 1. The van der Waals surface area contributed by atoms with Gasteiger partial charge >= 0.3 is 0 Å². The molecule has 1 aromatic carbocycles. The molecule has 0 bridgehead atoms. The fraction of sp³-hybridized carbons (Fsp3) is 0.100. The number of nitrogens with two attached hydrogens (primary N) is 1. The van der Waals surface area contributed by atoms with E-state index in [1.165, 1.54) is 29.1 Å². The smallest absolute Gasteiger partial charge is 0.278 e. The standard InChI is InChI=1S/C20H20BN9O/c21-26-8-5-13-1-3-14(4-2-13)15-10-25-19(22)18(28-15)20(31)29-16-9-23-7-6-17(16)30-12-24-11-27-30/h1-4,6-7,9-12,26H,5,8,21H2,(H2,22,25)(H,29,31). The van der Waals surface area contributed by atoms with Crippen LogP contribution < -0.4 is 16.3 Å². The zero-order chi connectivity index (χ0) is 21.6. The Kier molecular flexibility index (Phi) is 5.94. The summed E-state index contributed by atoms with van der Waals surface area (Å²) in [7, 11) is 1.92. The van der Waals surface area contributed by atoms with Crippen molar-refractivity contribution in [1.82, 2.24) is 34.9 Å². The minimum absolute atomic E-state index is 0.0325. The summed E-state index contributed by atoms with van der Waals surface area (Å²) in [5.41, 5.74) is 9.65. The summed E-state index contributed by atoms with van der Waals surface area (Å²) in [5, 5.41) is 10.0. The third-order valence-corrected chi connectivity index (χ3v) is 4.64. The van der Waals surface area contributed by atoms with Gasteiger partial charge in [0.1, 0.15) is 12.7 Å². The van der Waals surface area contributed by atoms with Crippen LogP contribution in [0.4, 0.5) is 11.5 Å². The van der Waals surface area contributed by atoms with Gasteiger partial charge in [0.15, 0.2) is 19.5 Å². The van der Waals surface area contributed by atoms with Gasteiger partial charge < -0.3 is 16.3 Å². The van der Waals surface area contributed by atoms with Gasteiger partial charge in [0.05, 0.1) is 29.5 Å². The maximum Gasteiger partial charge on any atom is 0.278 e. The second-order valence-electron chi connectivity index (χ2n) is 6.73. The molecule has 0 radical (unpaired) electrons. The van der Waals surface area contributed by atoms with Crippen molar-refractivity contribution in [3.05, 3.63) is 72.8 Å². The first-order valence-corrected chi connectivity index (χ1v) is 9.62. The van der Waals surface area contributed by atoms with Crippen molar-refractivity contribution in [2.75, 3.05) is 17.6 Å². The van der Waals surface area contributed by atoms with Crippen LogP contribution >= 0.6 is 0 Å². The van der Waals surface area contributed by atoms with Crippen LogP contribution in [0.1, 0.15) is 16.1 Å². The lowest BCUT2D eigenvalue weighted by molar-refractivity contribution is 0.102. The molecule has 0 aliphatic rings. The van der Waals surface area contributed by atoms with E-state index in [0.717, 1.165) is 18.5 Å². The highest BCUT2D eigenvalue weighted by Gasteiger charge is 2.17. The highest BCUT2D eigenvalue weighted by atomic mass is 16.1. The normalized spacial score (nSPS) is 10.7. The van der Waals surface area contributed by atoms with Crippen molar-refractivity contribution < 1.29 is 4.79 Å². The third kappa shape index (κ3) is 4.56. The van der Waals surface area contributed by atoms with Crippen LogP contribution in [0, 0.1) is 0 Å². The number of hydrogen-bond donors (Lipinski definition) is 3. The molecule has 0 fully saturated rings. The molecule has 11 heteroatoms. The number of carbonyl (C=O) groups is 1. The molecule has 10 nitrogen and oxygen atoms in total. The van der Waals surface area contributed by atoms with E-state index in [4.69, 9.17) is 5.73 Å². The number of nitrogens with one attached hydrogen (secondary N) is 2. The Morgan fingerprint density at radius 1 is 1.13 bits per heavy atom. The lowest BCUT2D eigenvalue weighted by atomic mass is 10.1. The number of carbonyl (C=O) groups excluding carboxylic acids is 1. The number of amides is 1. The maximum absolute atomic E-state index is 12.9. The van der Waals surface area contributed by atoms with E-state index in [1.54, 1.807) is 18.5 Å². The van der Waals surface area contributed by atoms with Crippen molar-refractivity contribution in [2.45, 2.75) is 6.42 Å². The molecule has 154 valence electrons. The van der Waals surface area contributed by atoms with Crippen LogP contribution in [0.25, 0.3) is 16.9 Å². The van der Waals surface area contributed by atoms with Crippen LogP contribution in [0.5, 0.6) is 0 Å². The Balaban J connectivity index is 1.59. The SMILES string of the molecule is BNCCc1ccc(-c2cnc(N)c(C(=O)Nc3cnccc3-n3cncn3)n2)cc1. The summed E-state index contributed by atoms with van der Waals surface area (Å²) >= 11 is 0. The monoisotopic (exact) mass is 413 g/mol. The summed E-state index contributed by atoms with van der Waals surface area (Å²) in [4.78, 5) is 29.6. The number of rotatable bonds is 7. The molecular formula is C20H20BN9O. The molecule has 0 atom stereocenters. The van der Waals surface area contributed by atoms with Gasteiger partial charge in [0.2, 0.25) is 0 Å². The average molecular weight is 413 g/mol. The lowest BCUT2D eigenvalue weighted by Gasteiger charge is -2.11. The minimum atomic E-state index is -0.494. The minimum Gasteiger partial charge on any atom is -0.382 e. The van der Waals surface area contributed by atoms with Crippen molar-refractivity contribution in [3.8, 4) is 16.9 Å². The molecule has 4 N–H and O–H groups in total. The summed E-state index contributed by atoms with van der Waals surface area (Å²) < 4.78 is 1.53. The second kappa shape index (κ2) is 9.14. The summed E-state index contributed by atoms with van der Waals surface area (Å²) in [6.45, 7) is 0.899. The molecule has 4 rings (SSSR count). The maximum atomic E-state index is 12.9. The quantitative estimate of drug-likeness (QED) is 0.376. The highest BCUT2D eigenvalue weighted by Crippen LogP contribution is 2.22. The van der Waals surface area contributed by atoms with Crippen LogP contribution in [0.15, 0.2) is 61.6 Å². The molecule has 0 aliphatic heterocycles. The zero-order valence-electron chi connectivity index (χ0n) is 16.9. The van der Waals surface area contributed by atoms with Gasteiger partial charge in [-0.25, -0.2) is 19.6 Å². The van der Waals surface area contributed by atoms with Gasteiger partial charge in [-0.2, -0.15) is 5.10 Å². The Morgan fingerprint density at radius 2 is 1.97 bits per heavy atom. The number of anilines is 2. The van der Waals surface area contributed by atoms with Crippen LogP contribution in [-0.2, 0) is 6.42 Å². The number of benzene rings is 1. The topological polar surface area (TPSA) is 137 Å². The highest BCUT2D eigenvalue weighted by molar-refractivity contribution is 6.06. The Hall–Kier alpha value is -4.12. The Bertz CT molecular complexity index is 1180. The number of nitrogens with zero attached hydrogens (tertiary/aromatic N) is 6. The summed E-state index contributed by atoms with van der Waals surface area (Å²) in [6.07, 6.45) is 8.54. The number of nitrogen functional groups attached to an aromatic ring is 1. The van der Waals surface area contributed by atoms with Crippen molar-refractivity contribution >= 4 is 25.4 Å². The van der Waals surface area contributed by atoms with Gasteiger partial charge in [-0.3, -0.25) is 9.78 Å². The largest absolute Gasteiger partial charge is 0.382 e. The van der Waals surface area contributed by atoms with E-state index in [0.29, 0.717) is 17.1 Å². The molecule has 1 amide bonds. The van der Waals surface area contributed by atoms with Crippen LogP contribution in [0.2, 0.25) is 0 Å². The molecule has 0 aliphatic carbocycles. The van der Waals surface area contributed by atoms with Crippen LogP contribution in [0.3, 0.4) is 0 Å². The van der Waals surface area contributed by atoms with E-state index in [2.05, 4.69) is 35.6 Å². The molecule has 0 spiro atoms. The third-order valence-electron chi connectivity index (χ3n) is 4.64. The van der Waals surface area contributed by atoms with Crippen molar-refractivity contribution in [3.63, 3.8) is 0 Å². The zero-order valence-corrected chi connectivity index (χ0v) is 16.9. The molecule has 3 aromatic heterocycles. The van der Waals surface area contributed by atoms with Gasteiger partial charge in [-0.05, 0) is 24.6 Å². The predicted molar refractivity (Wildman–Crippen MR) is 119 cm³/mol. The molecule has 0 saturated heterocycles. The van der Waals surface area contributed by atoms with E-state index in [1.807, 2.05) is 32.2 Å². The van der Waals surface area contributed by atoms with Crippen molar-refractivity contribution in [1.29, 1.82) is 0 Å². The molecule has 0 unspecified atom stereocenters. The molecule has 4 aromatic rings. The fourth-order valence-corrected chi connectivity index (χ4v) is 3.01. The molecule has 31 heavy (non-hydrogen) atoms. The van der Waals surface area contributed by atoms with Gasteiger partial charge in [-0.1, -0.05) is 24.3 Å². The first-order valence-electron chi connectivity index (χ1n) is 9.62. The first kappa shape index (κ1) is 20.2. The molecule has 0 saturated carbocycles. The van der Waals surface area contributed by atoms with Gasteiger partial charge in [-0.15, -0.1) is 0 Å². The second-order valence-corrected chi connectivity index (χ2v) is 6.73. The Labute approximate surface area is 179 Å². The number of aromatic nitrogens is 6. The Morgan fingerprint density at radius 3 is 2.71 bits per heavy atom. The number of hydrogen-bond acceptors (Lipinski definition) is 8. The fourth-order valence-electron chi connectivity index (χ4n) is 3.01. The molecule has 3 heterocycles. The summed E-state index contributed by atoms with van der Waals surface area (Å²) in [5.74, 6) is -0.454. The van der Waals surface area contributed by atoms with E-state index in [9.17, 15) is 4.79 Å². The molecular weight excluding hydrogens is 393 g/mol. The summed E-state index contributed by atoms with van der Waals surface area (Å²) in [6, 6.07) is 9.69.